The fourth-order valence-electron chi connectivity index (χ4n) is 3.71. The van der Waals surface area contributed by atoms with E-state index < -0.39 is 0 Å². The topological polar surface area (TPSA) is 54.0 Å². The van der Waals surface area contributed by atoms with E-state index in [0.717, 1.165) is 34.2 Å². The monoisotopic (exact) mass is 421 g/mol. The molecule has 3 aromatic rings. The second kappa shape index (κ2) is 9.43. The zero-order valence-corrected chi connectivity index (χ0v) is 19.3. The third kappa shape index (κ3) is 6.70. The molecule has 0 unspecified atom stereocenters. The molecule has 0 fully saturated rings. The Balaban J connectivity index is 1.64. The Bertz CT molecular complexity index is 1000. The number of benzene rings is 2. The number of carbonyl (C=O) groups excluding carboxylic acids is 1. The number of aryl methyl sites for hydroxylation is 1. The van der Waals surface area contributed by atoms with E-state index in [0.29, 0.717) is 12.3 Å². The number of amides is 1. The SMILES string of the molecule is Cc1cccc(Nc2nc(-c3cccc(NC(=O)C[C@H](C)CC(C)(C)C)c3)cs2)c1. The lowest BCUT2D eigenvalue weighted by atomic mass is 9.84. The number of nitrogens with zero attached hydrogens (tertiary/aromatic N) is 1. The first kappa shape index (κ1) is 22.0. The minimum absolute atomic E-state index is 0.0592. The van der Waals surface area contributed by atoms with Crippen LogP contribution in [-0.2, 0) is 4.79 Å². The summed E-state index contributed by atoms with van der Waals surface area (Å²) in [5.74, 6) is 0.408. The molecule has 0 saturated carbocycles. The number of carbonyl (C=O) groups is 1. The summed E-state index contributed by atoms with van der Waals surface area (Å²) in [6, 6.07) is 16.1. The van der Waals surface area contributed by atoms with E-state index in [4.69, 9.17) is 4.98 Å². The van der Waals surface area contributed by atoms with Gasteiger partial charge in [0.05, 0.1) is 5.69 Å². The van der Waals surface area contributed by atoms with Crippen LogP contribution in [0.5, 0.6) is 0 Å². The summed E-state index contributed by atoms with van der Waals surface area (Å²) in [6.45, 7) is 10.8. The molecule has 0 saturated heterocycles. The van der Waals surface area contributed by atoms with Crippen LogP contribution >= 0.6 is 11.3 Å². The van der Waals surface area contributed by atoms with Crippen molar-refractivity contribution in [3.63, 3.8) is 0 Å². The molecule has 0 aliphatic heterocycles. The Morgan fingerprint density at radius 1 is 1.10 bits per heavy atom. The van der Waals surface area contributed by atoms with Crippen molar-refractivity contribution in [3.8, 4) is 11.3 Å². The van der Waals surface area contributed by atoms with Gasteiger partial charge in [0.1, 0.15) is 0 Å². The summed E-state index contributed by atoms with van der Waals surface area (Å²) < 4.78 is 0. The Kier molecular flexibility index (Phi) is 6.93. The van der Waals surface area contributed by atoms with Crippen molar-refractivity contribution in [2.75, 3.05) is 10.6 Å². The van der Waals surface area contributed by atoms with Crippen molar-refractivity contribution >= 4 is 33.8 Å². The molecular formula is C25H31N3OS. The van der Waals surface area contributed by atoms with Gasteiger partial charge in [-0.15, -0.1) is 11.3 Å². The van der Waals surface area contributed by atoms with Gasteiger partial charge in [-0.2, -0.15) is 0 Å². The smallest absolute Gasteiger partial charge is 0.224 e. The van der Waals surface area contributed by atoms with E-state index in [1.807, 2.05) is 41.8 Å². The molecule has 158 valence electrons. The summed E-state index contributed by atoms with van der Waals surface area (Å²) in [4.78, 5) is 17.2. The molecule has 0 aliphatic rings. The molecule has 5 heteroatoms. The predicted octanol–water partition coefficient (Wildman–Crippen LogP) is 7.26. The van der Waals surface area contributed by atoms with Crippen LogP contribution in [0, 0.1) is 18.3 Å². The number of nitrogens with one attached hydrogen (secondary N) is 2. The molecule has 0 spiro atoms. The first-order valence-electron chi connectivity index (χ1n) is 10.4. The maximum atomic E-state index is 12.5. The van der Waals surface area contributed by atoms with Crippen LogP contribution in [0.2, 0.25) is 0 Å². The summed E-state index contributed by atoms with van der Waals surface area (Å²) in [7, 11) is 0. The number of rotatable bonds is 7. The molecule has 2 N–H and O–H groups in total. The fourth-order valence-corrected chi connectivity index (χ4v) is 4.45. The molecule has 0 bridgehead atoms. The molecule has 1 heterocycles. The van der Waals surface area contributed by atoms with Crippen LogP contribution in [0.15, 0.2) is 53.9 Å². The first-order chi connectivity index (χ1) is 14.2. The van der Waals surface area contributed by atoms with Crippen molar-refractivity contribution in [3.05, 3.63) is 59.5 Å². The van der Waals surface area contributed by atoms with Crippen LogP contribution < -0.4 is 10.6 Å². The van der Waals surface area contributed by atoms with Crippen molar-refractivity contribution in [1.29, 1.82) is 0 Å². The molecule has 3 rings (SSSR count). The zero-order chi connectivity index (χ0) is 21.7. The minimum atomic E-state index is 0.0592. The quantitative estimate of drug-likeness (QED) is 0.422. The van der Waals surface area contributed by atoms with E-state index in [2.05, 4.69) is 57.4 Å². The number of anilines is 3. The van der Waals surface area contributed by atoms with Crippen molar-refractivity contribution < 1.29 is 4.79 Å². The van der Waals surface area contributed by atoms with Crippen molar-refractivity contribution in [2.24, 2.45) is 11.3 Å². The van der Waals surface area contributed by atoms with Gasteiger partial charge in [-0.1, -0.05) is 52.0 Å². The van der Waals surface area contributed by atoms with E-state index in [1.54, 1.807) is 11.3 Å². The van der Waals surface area contributed by atoms with Crippen LogP contribution in [-0.4, -0.2) is 10.9 Å². The maximum absolute atomic E-state index is 12.5. The van der Waals surface area contributed by atoms with Gasteiger partial charge >= 0.3 is 0 Å². The van der Waals surface area contributed by atoms with Gasteiger partial charge in [0.2, 0.25) is 5.91 Å². The van der Waals surface area contributed by atoms with Gasteiger partial charge in [0.25, 0.3) is 0 Å². The Labute approximate surface area is 183 Å². The number of hydrogen-bond donors (Lipinski definition) is 2. The summed E-state index contributed by atoms with van der Waals surface area (Å²) >= 11 is 1.57. The number of thiazole rings is 1. The van der Waals surface area contributed by atoms with Gasteiger partial charge in [-0.25, -0.2) is 4.98 Å². The van der Waals surface area contributed by atoms with Crippen LogP contribution in [0.25, 0.3) is 11.3 Å². The average molecular weight is 422 g/mol. The molecule has 4 nitrogen and oxygen atoms in total. The van der Waals surface area contributed by atoms with Crippen molar-refractivity contribution in [1.82, 2.24) is 4.98 Å². The summed E-state index contributed by atoms with van der Waals surface area (Å²) in [5.41, 5.74) is 5.16. The highest BCUT2D eigenvalue weighted by atomic mass is 32.1. The third-order valence-electron chi connectivity index (χ3n) is 4.71. The molecule has 2 aromatic carbocycles. The zero-order valence-electron chi connectivity index (χ0n) is 18.5. The van der Waals surface area contributed by atoms with E-state index in [-0.39, 0.29) is 11.3 Å². The van der Waals surface area contributed by atoms with E-state index in [1.165, 1.54) is 5.56 Å². The summed E-state index contributed by atoms with van der Waals surface area (Å²) in [6.07, 6.45) is 1.55. The van der Waals surface area contributed by atoms with Gasteiger partial charge in [-0.3, -0.25) is 4.79 Å². The standard InChI is InChI=1S/C25H31N3OS/c1-17-8-6-10-20(12-17)27-24-28-22(16-30-24)19-9-7-11-21(14-19)26-23(29)13-18(2)15-25(3,4)5/h6-12,14,16,18H,13,15H2,1-5H3,(H,26,29)(H,27,28)/t18-/m0/s1. The maximum Gasteiger partial charge on any atom is 0.224 e. The van der Waals surface area contributed by atoms with Gasteiger partial charge in [0, 0.05) is 28.7 Å². The Morgan fingerprint density at radius 3 is 2.57 bits per heavy atom. The highest BCUT2D eigenvalue weighted by Gasteiger charge is 2.18. The Morgan fingerprint density at radius 2 is 1.83 bits per heavy atom. The lowest BCUT2D eigenvalue weighted by Gasteiger charge is -2.22. The molecule has 30 heavy (non-hydrogen) atoms. The molecule has 0 aliphatic carbocycles. The second-order valence-electron chi connectivity index (χ2n) is 9.24. The highest BCUT2D eigenvalue weighted by Crippen LogP contribution is 2.29. The highest BCUT2D eigenvalue weighted by molar-refractivity contribution is 7.14. The van der Waals surface area contributed by atoms with Gasteiger partial charge < -0.3 is 10.6 Å². The number of aromatic nitrogens is 1. The minimum Gasteiger partial charge on any atom is -0.332 e. The average Bonchev–Trinajstić information content (AvgIpc) is 3.08. The first-order valence-corrected chi connectivity index (χ1v) is 11.3. The van der Waals surface area contributed by atoms with Crippen LogP contribution in [0.3, 0.4) is 0 Å². The van der Waals surface area contributed by atoms with Gasteiger partial charge in [-0.05, 0) is 54.5 Å². The Hall–Kier alpha value is -2.66. The molecular weight excluding hydrogens is 390 g/mol. The second-order valence-corrected chi connectivity index (χ2v) is 10.1. The van der Waals surface area contributed by atoms with E-state index >= 15 is 0 Å². The summed E-state index contributed by atoms with van der Waals surface area (Å²) in [5, 5.41) is 9.28. The molecule has 1 aromatic heterocycles. The van der Waals surface area contributed by atoms with Crippen LogP contribution in [0.1, 0.15) is 46.1 Å². The fraction of sp³-hybridized carbons (Fsp3) is 0.360. The predicted molar refractivity (Wildman–Crippen MR) is 128 cm³/mol. The van der Waals surface area contributed by atoms with Crippen LogP contribution in [0.4, 0.5) is 16.5 Å². The number of hydrogen-bond acceptors (Lipinski definition) is 4. The lowest BCUT2D eigenvalue weighted by molar-refractivity contribution is -0.117. The molecule has 0 radical (unpaired) electrons. The molecule has 1 amide bonds. The lowest BCUT2D eigenvalue weighted by Crippen LogP contribution is -2.18. The largest absolute Gasteiger partial charge is 0.332 e. The third-order valence-corrected chi connectivity index (χ3v) is 5.47. The van der Waals surface area contributed by atoms with Gasteiger partial charge in [0.15, 0.2) is 5.13 Å². The molecule has 1 atom stereocenters. The van der Waals surface area contributed by atoms with Crippen molar-refractivity contribution in [2.45, 2.75) is 47.5 Å². The van der Waals surface area contributed by atoms with E-state index in [9.17, 15) is 4.79 Å². The normalized spacial score (nSPS) is 12.4.